The molecule has 1 aromatic heterocycles. The van der Waals surface area contributed by atoms with Gasteiger partial charge in [0.05, 0.1) is 33.7 Å². The van der Waals surface area contributed by atoms with Crippen molar-refractivity contribution in [3.63, 3.8) is 0 Å². The van der Waals surface area contributed by atoms with Gasteiger partial charge in [0.25, 0.3) is 0 Å². The number of hydrogen-bond donors (Lipinski definition) is 1. The largest absolute Gasteiger partial charge is 0.493 e. The summed E-state index contributed by atoms with van der Waals surface area (Å²) < 4.78 is 27.1. The van der Waals surface area contributed by atoms with Crippen molar-refractivity contribution in [2.24, 2.45) is 0 Å². The fourth-order valence-corrected chi connectivity index (χ4v) is 4.91. The van der Waals surface area contributed by atoms with Gasteiger partial charge in [-0.15, -0.1) is 0 Å². The maximum absolute atomic E-state index is 15.1. The van der Waals surface area contributed by atoms with E-state index in [0.29, 0.717) is 55.5 Å². The Morgan fingerprint density at radius 1 is 1.18 bits per heavy atom. The molecule has 4 rings (SSSR count). The van der Waals surface area contributed by atoms with Gasteiger partial charge in [-0.2, -0.15) is 0 Å². The summed E-state index contributed by atoms with van der Waals surface area (Å²) in [6, 6.07) is 4.63. The summed E-state index contributed by atoms with van der Waals surface area (Å²) in [4.78, 5) is 38.3. The summed E-state index contributed by atoms with van der Waals surface area (Å²) in [6.07, 6.45) is 7.40. The normalized spacial score (nSPS) is 13.5. The van der Waals surface area contributed by atoms with Gasteiger partial charge in [-0.3, -0.25) is 9.59 Å². The summed E-state index contributed by atoms with van der Waals surface area (Å²) >= 11 is 12.0. The Kier molecular flexibility index (Phi) is 13.0. The lowest BCUT2D eigenvalue weighted by Gasteiger charge is -2.32. The number of carbonyl (C=O) groups excluding carboxylic acids is 2. The molecular weight excluding hydrogens is 610 g/mol. The molecule has 3 aromatic rings. The zero-order chi connectivity index (χ0) is 32.4. The standard InChI is InChI=1S/C28H31Cl2FN6O4.C3H8/c1-35(2)11-5-6-22(39)37-12-9-17(10-13-37)41-27-21(40-4)14-19-23(26(27)34-16-38)28(33-15-32-19)36(3)20-8-7-18(29)24(30)25(20)31;1-3-2/h5-8,14-17H,9-13H2,1-4H3,(H,34,38);3H2,1-2H3/b6-5+;. The zero-order valence-corrected chi connectivity index (χ0v) is 27.4. The van der Waals surface area contributed by atoms with E-state index in [1.165, 1.54) is 36.9 Å². The zero-order valence-electron chi connectivity index (χ0n) is 25.9. The van der Waals surface area contributed by atoms with E-state index in [0.717, 1.165) is 0 Å². The number of piperidine rings is 1. The Balaban J connectivity index is 0.00000169. The molecule has 0 saturated carbocycles. The Morgan fingerprint density at radius 3 is 2.48 bits per heavy atom. The number of carbonyl (C=O) groups is 2. The molecule has 44 heavy (non-hydrogen) atoms. The maximum Gasteiger partial charge on any atom is 0.246 e. The summed E-state index contributed by atoms with van der Waals surface area (Å²) in [7, 11) is 6.97. The minimum atomic E-state index is -0.721. The van der Waals surface area contributed by atoms with Crippen LogP contribution in [0.1, 0.15) is 33.1 Å². The summed E-state index contributed by atoms with van der Waals surface area (Å²) in [5.41, 5.74) is 0.814. The number of amides is 2. The number of halogens is 3. The molecule has 0 bridgehead atoms. The number of anilines is 3. The molecule has 1 aliphatic heterocycles. The molecule has 0 aliphatic carbocycles. The first-order valence-electron chi connectivity index (χ1n) is 14.3. The van der Waals surface area contributed by atoms with Gasteiger partial charge in [0, 0.05) is 51.7 Å². The molecule has 2 amide bonds. The first-order chi connectivity index (χ1) is 21.1. The smallest absolute Gasteiger partial charge is 0.246 e. The molecule has 2 heterocycles. The highest BCUT2D eigenvalue weighted by Crippen LogP contribution is 2.46. The van der Waals surface area contributed by atoms with Crippen LogP contribution < -0.4 is 19.7 Å². The number of likely N-dealkylation sites (N-methyl/N-ethyl adjacent to an activating group) is 1. The van der Waals surface area contributed by atoms with E-state index in [1.54, 1.807) is 24.1 Å². The highest BCUT2D eigenvalue weighted by Gasteiger charge is 2.28. The molecule has 1 aliphatic rings. The number of rotatable bonds is 10. The Bertz CT molecular complexity index is 1480. The average molecular weight is 650 g/mol. The number of nitrogens with zero attached hydrogens (tertiary/aromatic N) is 5. The third-order valence-electron chi connectivity index (χ3n) is 6.71. The van der Waals surface area contributed by atoms with Crippen molar-refractivity contribution in [1.82, 2.24) is 19.8 Å². The maximum atomic E-state index is 15.1. The van der Waals surface area contributed by atoms with Gasteiger partial charge in [0.15, 0.2) is 17.3 Å². The molecule has 13 heteroatoms. The summed E-state index contributed by atoms with van der Waals surface area (Å²) in [5.74, 6) is 0.147. The van der Waals surface area contributed by atoms with Crippen molar-refractivity contribution < 1.29 is 23.5 Å². The molecule has 0 atom stereocenters. The third-order valence-corrected chi connectivity index (χ3v) is 7.49. The van der Waals surface area contributed by atoms with Crippen molar-refractivity contribution >= 4 is 63.6 Å². The Morgan fingerprint density at radius 2 is 1.86 bits per heavy atom. The van der Waals surface area contributed by atoms with Crippen LogP contribution in [0.3, 0.4) is 0 Å². The van der Waals surface area contributed by atoms with Gasteiger partial charge in [-0.25, -0.2) is 14.4 Å². The van der Waals surface area contributed by atoms with Crippen LogP contribution in [0.25, 0.3) is 10.9 Å². The molecule has 10 nitrogen and oxygen atoms in total. The molecule has 1 saturated heterocycles. The quantitative estimate of drug-likeness (QED) is 0.155. The van der Waals surface area contributed by atoms with Gasteiger partial charge in [0.1, 0.15) is 23.9 Å². The summed E-state index contributed by atoms with van der Waals surface area (Å²) in [6.45, 7) is 5.95. The lowest BCUT2D eigenvalue weighted by Crippen LogP contribution is -2.41. The first kappa shape index (κ1) is 34.8. The molecule has 0 radical (unpaired) electrons. The molecule has 2 aromatic carbocycles. The molecule has 238 valence electrons. The highest BCUT2D eigenvalue weighted by atomic mass is 35.5. The lowest BCUT2D eigenvalue weighted by molar-refractivity contribution is -0.127. The van der Waals surface area contributed by atoms with E-state index in [9.17, 15) is 9.59 Å². The van der Waals surface area contributed by atoms with Crippen LogP contribution in [0.4, 0.5) is 21.6 Å². The van der Waals surface area contributed by atoms with Crippen LogP contribution in [0.15, 0.2) is 36.7 Å². The second-order valence-corrected chi connectivity index (χ2v) is 11.2. The van der Waals surface area contributed by atoms with E-state index < -0.39 is 5.82 Å². The van der Waals surface area contributed by atoms with Gasteiger partial charge in [0.2, 0.25) is 12.3 Å². The predicted molar refractivity (Wildman–Crippen MR) is 174 cm³/mol. The number of benzene rings is 2. The van der Waals surface area contributed by atoms with E-state index >= 15 is 4.39 Å². The SMILES string of the molecule is CCC.COc1cc2ncnc(N(C)c3ccc(Cl)c(Cl)c3F)c2c(NC=O)c1OC1CCN(C(=O)/C=C/CN(C)C)CC1. The number of aromatic nitrogens is 2. The van der Waals surface area contributed by atoms with Gasteiger partial charge >= 0.3 is 0 Å². The predicted octanol–water partition coefficient (Wildman–Crippen LogP) is 6.32. The second kappa shape index (κ2) is 16.4. The number of ether oxygens (including phenoxy) is 2. The fraction of sp³-hybridized carbons (Fsp3) is 0.419. The third kappa shape index (κ3) is 8.28. The second-order valence-electron chi connectivity index (χ2n) is 10.4. The number of hydrogen-bond acceptors (Lipinski definition) is 8. The van der Waals surface area contributed by atoms with Crippen molar-refractivity contribution in [3.05, 3.63) is 52.5 Å². The van der Waals surface area contributed by atoms with E-state index in [2.05, 4.69) is 29.1 Å². The van der Waals surface area contributed by atoms with Gasteiger partial charge in [-0.05, 0) is 26.2 Å². The van der Waals surface area contributed by atoms with Crippen molar-refractivity contribution in [1.29, 1.82) is 0 Å². The van der Waals surface area contributed by atoms with Crippen LogP contribution in [0.5, 0.6) is 11.5 Å². The molecule has 1 N–H and O–H groups in total. The highest BCUT2D eigenvalue weighted by molar-refractivity contribution is 6.42. The topological polar surface area (TPSA) is 100 Å². The van der Waals surface area contributed by atoms with Crippen LogP contribution in [-0.2, 0) is 9.59 Å². The minimum absolute atomic E-state index is 0.0451. The van der Waals surface area contributed by atoms with Crippen LogP contribution in [0.2, 0.25) is 10.0 Å². The van der Waals surface area contributed by atoms with E-state index in [1.807, 2.05) is 25.1 Å². The first-order valence-corrected chi connectivity index (χ1v) is 15.0. The Labute approximate surface area is 267 Å². The van der Waals surface area contributed by atoms with Gasteiger partial charge < -0.3 is 29.5 Å². The fourth-order valence-electron chi connectivity index (χ4n) is 4.60. The van der Waals surface area contributed by atoms with Crippen molar-refractivity contribution in [3.8, 4) is 11.5 Å². The minimum Gasteiger partial charge on any atom is -0.493 e. The molecule has 0 spiro atoms. The molecule has 1 fully saturated rings. The van der Waals surface area contributed by atoms with Crippen molar-refractivity contribution in [2.45, 2.75) is 39.2 Å². The molecular formula is C31H39Cl2FN6O4. The van der Waals surface area contributed by atoms with Crippen molar-refractivity contribution in [2.75, 3.05) is 58.1 Å². The van der Waals surface area contributed by atoms with Crippen LogP contribution in [0, 0.1) is 5.82 Å². The van der Waals surface area contributed by atoms with Gasteiger partial charge in [-0.1, -0.05) is 49.5 Å². The number of fused-ring (bicyclic) bond motifs is 1. The Hall–Kier alpha value is -3.67. The number of nitrogens with one attached hydrogen (secondary N) is 1. The van der Waals surface area contributed by atoms with Crippen LogP contribution >= 0.6 is 23.2 Å². The average Bonchev–Trinajstić information content (AvgIpc) is 3.00. The molecule has 0 unspecified atom stereocenters. The lowest BCUT2D eigenvalue weighted by atomic mass is 10.1. The number of methoxy groups -OCH3 is 1. The monoisotopic (exact) mass is 648 g/mol. The van der Waals surface area contributed by atoms with E-state index in [-0.39, 0.29) is 45.0 Å². The number of likely N-dealkylation sites (tertiary alicyclic amines) is 1. The van der Waals surface area contributed by atoms with Crippen LogP contribution in [-0.4, -0.2) is 86.1 Å². The summed E-state index contributed by atoms with van der Waals surface area (Å²) in [5, 5.41) is 2.98. The van der Waals surface area contributed by atoms with E-state index in [4.69, 9.17) is 32.7 Å².